The first-order chi connectivity index (χ1) is 7.99. The fourth-order valence-electron chi connectivity index (χ4n) is 1.67. The van der Waals surface area contributed by atoms with Crippen LogP contribution in [-0.4, -0.2) is 35.1 Å². The van der Waals surface area contributed by atoms with Gasteiger partial charge in [0, 0.05) is 13.1 Å². The Labute approximate surface area is 110 Å². The summed E-state index contributed by atoms with van der Waals surface area (Å²) in [5, 5.41) is 1.02. The largest absolute Gasteiger partial charge is 0.369 e. The van der Waals surface area contributed by atoms with Crippen LogP contribution in [-0.2, 0) is 6.54 Å². The van der Waals surface area contributed by atoms with Gasteiger partial charge in [0.2, 0.25) is 5.95 Å². The first kappa shape index (κ1) is 12.5. The van der Waals surface area contributed by atoms with Gasteiger partial charge in [0.25, 0.3) is 0 Å². The minimum Gasteiger partial charge on any atom is -0.369 e. The zero-order valence-electron chi connectivity index (χ0n) is 9.74. The summed E-state index contributed by atoms with van der Waals surface area (Å²) in [5.41, 5.74) is 7.58. The molecule has 0 bridgehead atoms. The lowest BCUT2D eigenvalue weighted by Crippen LogP contribution is -2.19. The van der Waals surface area contributed by atoms with Crippen LogP contribution in [0.25, 0.3) is 11.0 Å². The van der Waals surface area contributed by atoms with Crippen molar-refractivity contribution in [2.75, 3.05) is 26.4 Å². The molecule has 0 aliphatic heterocycles. The van der Waals surface area contributed by atoms with Gasteiger partial charge < -0.3 is 15.2 Å². The van der Waals surface area contributed by atoms with Crippen molar-refractivity contribution in [3.8, 4) is 0 Å². The normalized spacial score (nSPS) is 11.6. The highest BCUT2D eigenvalue weighted by atomic mass is 35.5. The summed E-state index contributed by atoms with van der Waals surface area (Å²) in [7, 11) is 4.03. The predicted octanol–water partition coefficient (Wildman–Crippen LogP) is 2.49. The topological polar surface area (TPSA) is 47.1 Å². The van der Waals surface area contributed by atoms with Gasteiger partial charge in [0.1, 0.15) is 0 Å². The van der Waals surface area contributed by atoms with E-state index in [1.165, 1.54) is 0 Å². The van der Waals surface area contributed by atoms with E-state index in [1.54, 1.807) is 12.1 Å². The standard InChI is InChI=1S/C11H14Cl2N4/c1-16(2)3-4-17-10-6-8(13)7(12)5-9(10)15-11(17)14/h5-6H,3-4H2,1-2H3,(H2,14,15). The number of anilines is 1. The highest BCUT2D eigenvalue weighted by Crippen LogP contribution is 2.28. The maximum Gasteiger partial charge on any atom is 0.201 e. The smallest absolute Gasteiger partial charge is 0.201 e. The van der Waals surface area contributed by atoms with E-state index in [9.17, 15) is 0 Å². The minimum absolute atomic E-state index is 0.486. The highest BCUT2D eigenvalue weighted by molar-refractivity contribution is 6.42. The van der Waals surface area contributed by atoms with E-state index in [1.807, 2.05) is 18.7 Å². The van der Waals surface area contributed by atoms with E-state index in [0.717, 1.165) is 24.1 Å². The van der Waals surface area contributed by atoms with Crippen molar-refractivity contribution in [1.29, 1.82) is 0 Å². The Hall–Kier alpha value is -0.970. The van der Waals surface area contributed by atoms with Gasteiger partial charge in [-0.2, -0.15) is 0 Å². The second-order valence-electron chi connectivity index (χ2n) is 4.18. The predicted molar refractivity (Wildman–Crippen MR) is 72.7 cm³/mol. The lowest BCUT2D eigenvalue weighted by molar-refractivity contribution is 0.387. The van der Waals surface area contributed by atoms with Gasteiger partial charge in [0.15, 0.2) is 0 Å². The number of imidazole rings is 1. The average molecular weight is 273 g/mol. The number of halogens is 2. The van der Waals surface area contributed by atoms with Crippen LogP contribution < -0.4 is 5.73 Å². The van der Waals surface area contributed by atoms with Gasteiger partial charge in [-0.05, 0) is 26.2 Å². The first-order valence-electron chi connectivity index (χ1n) is 5.24. The molecular formula is C11H14Cl2N4. The summed E-state index contributed by atoms with van der Waals surface area (Å²) in [6.07, 6.45) is 0. The zero-order valence-corrected chi connectivity index (χ0v) is 11.3. The van der Waals surface area contributed by atoms with E-state index in [-0.39, 0.29) is 0 Å². The summed E-state index contributed by atoms with van der Waals surface area (Å²) >= 11 is 12.0. The van der Waals surface area contributed by atoms with Crippen molar-refractivity contribution in [1.82, 2.24) is 14.5 Å². The van der Waals surface area contributed by atoms with Crippen LogP contribution in [0.2, 0.25) is 10.0 Å². The molecule has 1 aromatic heterocycles. The number of nitrogens with two attached hydrogens (primary N) is 1. The Bertz CT molecular complexity index is 548. The number of rotatable bonds is 3. The third-order valence-electron chi connectivity index (χ3n) is 2.59. The molecule has 0 fully saturated rings. The van der Waals surface area contributed by atoms with Crippen molar-refractivity contribution in [3.63, 3.8) is 0 Å². The number of hydrogen-bond donors (Lipinski definition) is 1. The van der Waals surface area contributed by atoms with E-state index in [0.29, 0.717) is 16.0 Å². The lowest BCUT2D eigenvalue weighted by Gasteiger charge is -2.11. The second kappa shape index (κ2) is 4.72. The molecule has 0 amide bonds. The molecule has 0 unspecified atom stereocenters. The maximum absolute atomic E-state index is 6.01. The van der Waals surface area contributed by atoms with Gasteiger partial charge in [-0.3, -0.25) is 0 Å². The number of aromatic nitrogens is 2. The fourth-order valence-corrected chi connectivity index (χ4v) is 1.99. The van der Waals surface area contributed by atoms with Crippen molar-refractivity contribution in [2.45, 2.75) is 6.54 Å². The molecule has 1 aromatic carbocycles. The molecule has 2 aromatic rings. The van der Waals surface area contributed by atoms with Crippen LogP contribution in [0, 0.1) is 0 Å². The SMILES string of the molecule is CN(C)CCn1c(N)nc2cc(Cl)c(Cl)cc21. The molecule has 0 spiro atoms. The van der Waals surface area contributed by atoms with Gasteiger partial charge >= 0.3 is 0 Å². The molecule has 4 nitrogen and oxygen atoms in total. The Morgan fingerprint density at radius 1 is 1.29 bits per heavy atom. The monoisotopic (exact) mass is 272 g/mol. The number of hydrogen-bond acceptors (Lipinski definition) is 3. The van der Waals surface area contributed by atoms with Crippen LogP contribution in [0.15, 0.2) is 12.1 Å². The lowest BCUT2D eigenvalue weighted by atomic mass is 10.3. The molecule has 1 heterocycles. The Balaban J connectivity index is 2.47. The molecule has 0 saturated heterocycles. The Kier molecular flexibility index (Phi) is 3.47. The van der Waals surface area contributed by atoms with Gasteiger partial charge in [-0.15, -0.1) is 0 Å². The number of nitrogen functional groups attached to an aromatic ring is 1. The molecule has 0 atom stereocenters. The van der Waals surface area contributed by atoms with Gasteiger partial charge in [-0.25, -0.2) is 4.98 Å². The van der Waals surface area contributed by atoms with E-state index >= 15 is 0 Å². The third-order valence-corrected chi connectivity index (χ3v) is 3.31. The molecule has 0 saturated carbocycles. The number of likely N-dealkylation sites (N-methyl/N-ethyl adjacent to an activating group) is 1. The van der Waals surface area contributed by atoms with Crippen LogP contribution in [0.4, 0.5) is 5.95 Å². The van der Waals surface area contributed by atoms with E-state index in [2.05, 4.69) is 9.88 Å². The number of nitrogens with zero attached hydrogens (tertiary/aromatic N) is 3. The van der Waals surface area contributed by atoms with Crippen LogP contribution in [0.3, 0.4) is 0 Å². The first-order valence-corrected chi connectivity index (χ1v) is 6.00. The molecule has 6 heteroatoms. The van der Waals surface area contributed by atoms with Crippen LogP contribution >= 0.6 is 23.2 Å². The Morgan fingerprint density at radius 3 is 2.59 bits per heavy atom. The zero-order chi connectivity index (χ0) is 12.6. The van der Waals surface area contributed by atoms with Crippen molar-refractivity contribution in [3.05, 3.63) is 22.2 Å². The molecule has 0 radical (unpaired) electrons. The van der Waals surface area contributed by atoms with Crippen molar-refractivity contribution >= 4 is 40.2 Å². The second-order valence-corrected chi connectivity index (χ2v) is 4.99. The molecule has 0 aliphatic carbocycles. The summed E-state index contributed by atoms with van der Waals surface area (Å²) in [4.78, 5) is 6.36. The quantitative estimate of drug-likeness (QED) is 0.934. The van der Waals surface area contributed by atoms with Crippen molar-refractivity contribution < 1.29 is 0 Å². The summed E-state index contributed by atoms with van der Waals surface area (Å²) in [6, 6.07) is 3.54. The van der Waals surface area contributed by atoms with Gasteiger partial charge in [0.05, 0.1) is 21.1 Å². The highest BCUT2D eigenvalue weighted by Gasteiger charge is 2.10. The van der Waals surface area contributed by atoms with E-state index < -0.39 is 0 Å². The molecular weight excluding hydrogens is 259 g/mol. The fraction of sp³-hybridized carbons (Fsp3) is 0.364. The maximum atomic E-state index is 6.01. The summed E-state index contributed by atoms with van der Waals surface area (Å²) in [6.45, 7) is 1.66. The summed E-state index contributed by atoms with van der Waals surface area (Å²) < 4.78 is 1.94. The molecule has 0 aliphatic rings. The van der Waals surface area contributed by atoms with Gasteiger partial charge in [-0.1, -0.05) is 23.2 Å². The van der Waals surface area contributed by atoms with E-state index in [4.69, 9.17) is 28.9 Å². The molecule has 2 N–H and O–H groups in total. The number of benzene rings is 1. The minimum atomic E-state index is 0.486. The molecule has 17 heavy (non-hydrogen) atoms. The summed E-state index contributed by atoms with van der Waals surface area (Å²) in [5.74, 6) is 0.486. The third kappa shape index (κ3) is 2.49. The molecule has 92 valence electrons. The Morgan fingerprint density at radius 2 is 1.94 bits per heavy atom. The average Bonchev–Trinajstić information content (AvgIpc) is 2.52. The number of fused-ring (bicyclic) bond motifs is 1. The molecule has 2 rings (SSSR count). The van der Waals surface area contributed by atoms with Crippen LogP contribution in [0.5, 0.6) is 0 Å². The van der Waals surface area contributed by atoms with Crippen molar-refractivity contribution in [2.24, 2.45) is 0 Å². The van der Waals surface area contributed by atoms with Crippen LogP contribution in [0.1, 0.15) is 0 Å².